The molecule has 1 heterocycles. The van der Waals surface area contributed by atoms with Gasteiger partial charge in [-0.15, -0.1) is 11.3 Å². The summed E-state index contributed by atoms with van der Waals surface area (Å²) in [4.78, 5) is 25.2. The highest BCUT2D eigenvalue weighted by atomic mass is 32.1. The molecule has 0 atom stereocenters. The van der Waals surface area contributed by atoms with Crippen molar-refractivity contribution in [3.05, 3.63) is 16.0 Å². The minimum absolute atomic E-state index is 0.0522. The molecule has 19 heavy (non-hydrogen) atoms. The minimum atomic E-state index is -0.330. The van der Waals surface area contributed by atoms with Gasteiger partial charge in [-0.2, -0.15) is 0 Å². The fourth-order valence-electron chi connectivity index (χ4n) is 2.69. The summed E-state index contributed by atoms with van der Waals surface area (Å²) < 4.78 is 4.86. The quantitative estimate of drug-likeness (QED) is 0.866. The fourth-order valence-corrected chi connectivity index (χ4v) is 3.98. The number of aryl methyl sites for hydroxylation is 1. The maximum Gasteiger partial charge on any atom is 0.341 e. The monoisotopic (exact) mass is 279 g/mol. The van der Waals surface area contributed by atoms with E-state index >= 15 is 0 Å². The lowest BCUT2D eigenvalue weighted by molar-refractivity contribution is -0.122. The number of carbonyl (C=O) groups excluding carboxylic acids is 2. The van der Waals surface area contributed by atoms with Crippen LogP contribution in [0.4, 0.5) is 5.00 Å². The number of rotatable bonds is 3. The van der Waals surface area contributed by atoms with Crippen molar-refractivity contribution in [2.45, 2.75) is 38.5 Å². The molecule has 1 saturated carbocycles. The first-order valence-electron chi connectivity index (χ1n) is 6.74. The van der Waals surface area contributed by atoms with Crippen LogP contribution in [0.2, 0.25) is 0 Å². The fraction of sp³-hybridized carbons (Fsp3) is 0.571. The lowest BCUT2D eigenvalue weighted by atomic mass is 9.85. The van der Waals surface area contributed by atoms with Gasteiger partial charge in [-0.1, -0.05) is 6.42 Å². The second-order valence-corrected chi connectivity index (χ2v) is 6.28. The van der Waals surface area contributed by atoms with Crippen LogP contribution in [-0.4, -0.2) is 19.0 Å². The van der Waals surface area contributed by atoms with Crippen molar-refractivity contribution in [1.82, 2.24) is 0 Å². The number of thiophene rings is 1. The van der Waals surface area contributed by atoms with E-state index in [4.69, 9.17) is 4.74 Å². The molecule has 102 valence electrons. The number of ether oxygens (including phenoxy) is 1. The second kappa shape index (κ2) is 4.96. The van der Waals surface area contributed by atoms with Crippen LogP contribution in [0.15, 0.2) is 0 Å². The molecular formula is C14H17NO3S. The summed E-state index contributed by atoms with van der Waals surface area (Å²) in [5.41, 5.74) is 1.67. The largest absolute Gasteiger partial charge is 0.465 e. The van der Waals surface area contributed by atoms with Crippen LogP contribution in [0.3, 0.4) is 0 Å². The zero-order chi connectivity index (χ0) is 13.4. The van der Waals surface area contributed by atoms with Crippen molar-refractivity contribution in [2.75, 3.05) is 12.4 Å². The van der Waals surface area contributed by atoms with E-state index in [1.54, 1.807) is 0 Å². The zero-order valence-electron chi connectivity index (χ0n) is 11.0. The standard InChI is InChI=1S/C14H17NO3S/c1-18-14(17)11-9-6-3-7-10(9)19-13(11)15-12(16)8-4-2-5-8/h8H,2-7H2,1H3,(H,15,16). The van der Waals surface area contributed by atoms with Gasteiger partial charge in [0.15, 0.2) is 0 Å². The van der Waals surface area contributed by atoms with E-state index in [0.29, 0.717) is 10.6 Å². The van der Waals surface area contributed by atoms with Gasteiger partial charge in [-0.25, -0.2) is 4.79 Å². The number of anilines is 1. The van der Waals surface area contributed by atoms with Gasteiger partial charge in [0.25, 0.3) is 0 Å². The van der Waals surface area contributed by atoms with Crippen molar-refractivity contribution >= 4 is 28.2 Å². The van der Waals surface area contributed by atoms with Crippen LogP contribution in [-0.2, 0) is 22.4 Å². The number of methoxy groups -OCH3 is 1. The third-order valence-corrected chi connectivity index (χ3v) is 5.23. The normalized spacial score (nSPS) is 17.7. The van der Waals surface area contributed by atoms with Gasteiger partial charge in [0.05, 0.1) is 12.7 Å². The molecular weight excluding hydrogens is 262 g/mol. The summed E-state index contributed by atoms with van der Waals surface area (Å²) in [6, 6.07) is 0. The van der Waals surface area contributed by atoms with Crippen molar-refractivity contribution < 1.29 is 14.3 Å². The Bertz CT molecular complexity index is 531. The van der Waals surface area contributed by atoms with Crippen LogP contribution in [0, 0.1) is 5.92 Å². The highest BCUT2D eigenvalue weighted by Gasteiger charge is 2.31. The van der Waals surface area contributed by atoms with E-state index in [-0.39, 0.29) is 17.8 Å². The van der Waals surface area contributed by atoms with E-state index in [1.165, 1.54) is 23.3 Å². The van der Waals surface area contributed by atoms with E-state index in [9.17, 15) is 9.59 Å². The molecule has 4 nitrogen and oxygen atoms in total. The number of fused-ring (bicyclic) bond motifs is 1. The van der Waals surface area contributed by atoms with Crippen molar-refractivity contribution in [1.29, 1.82) is 0 Å². The molecule has 0 saturated heterocycles. The number of carbonyl (C=O) groups is 2. The molecule has 0 radical (unpaired) electrons. The number of hydrogen-bond acceptors (Lipinski definition) is 4. The lowest BCUT2D eigenvalue weighted by Crippen LogP contribution is -2.28. The average Bonchev–Trinajstić information content (AvgIpc) is 2.85. The number of esters is 1. The summed E-state index contributed by atoms with van der Waals surface area (Å²) in [6.07, 6.45) is 6.05. The molecule has 1 aromatic rings. The Morgan fingerprint density at radius 2 is 2.05 bits per heavy atom. The molecule has 0 bridgehead atoms. The third kappa shape index (κ3) is 2.16. The average molecular weight is 279 g/mol. The number of hydrogen-bond donors (Lipinski definition) is 1. The van der Waals surface area contributed by atoms with Gasteiger partial charge in [-0.05, 0) is 37.7 Å². The Balaban J connectivity index is 1.87. The molecule has 0 unspecified atom stereocenters. The molecule has 2 aliphatic carbocycles. The van der Waals surface area contributed by atoms with Gasteiger partial charge >= 0.3 is 5.97 Å². The summed E-state index contributed by atoms with van der Waals surface area (Å²) >= 11 is 1.54. The summed E-state index contributed by atoms with van der Waals surface area (Å²) in [6.45, 7) is 0. The highest BCUT2D eigenvalue weighted by molar-refractivity contribution is 7.17. The summed E-state index contributed by atoms with van der Waals surface area (Å²) in [5.74, 6) is -0.151. The summed E-state index contributed by atoms with van der Waals surface area (Å²) in [7, 11) is 1.39. The van der Waals surface area contributed by atoms with Gasteiger partial charge in [0.2, 0.25) is 5.91 Å². The SMILES string of the molecule is COC(=O)c1c(NC(=O)C2CCC2)sc2c1CCC2. The van der Waals surface area contributed by atoms with Gasteiger partial charge < -0.3 is 10.1 Å². The van der Waals surface area contributed by atoms with Crippen LogP contribution in [0.25, 0.3) is 0 Å². The molecule has 1 amide bonds. The van der Waals surface area contributed by atoms with E-state index < -0.39 is 0 Å². The topological polar surface area (TPSA) is 55.4 Å². The Morgan fingerprint density at radius 3 is 2.68 bits per heavy atom. The van der Waals surface area contributed by atoms with E-state index in [1.807, 2.05) is 0 Å². The van der Waals surface area contributed by atoms with E-state index in [2.05, 4.69) is 5.32 Å². The van der Waals surface area contributed by atoms with Crippen molar-refractivity contribution in [2.24, 2.45) is 5.92 Å². The molecule has 2 aliphatic rings. The Kier molecular flexibility index (Phi) is 3.31. The van der Waals surface area contributed by atoms with Crippen LogP contribution in [0.1, 0.15) is 46.5 Å². The maximum absolute atomic E-state index is 12.0. The number of nitrogens with one attached hydrogen (secondary N) is 1. The van der Waals surface area contributed by atoms with Gasteiger partial charge in [0.1, 0.15) is 5.00 Å². The lowest BCUT2D eigenvalue weighted by Gasteiger charge is -2.23. The van der Waals surface area contributed by atoms with Crippen LogP contribution < -0.4 is 5.32 Å². The molecule has 0 aliphatic heterocycles. The van der Waals surface area contributed by atoms with Crippen molar-refractivity contribution in [3.63, 3.8) is 0 Å². The summed E-state index contributed by atoms with van der Waals surface area (Å²) in [5, 5.41) is 3.62. The van der Waals surface area contributed by atoms with Crippen LogP contribution >= 0.6 is 11.3 Å². The van der Waals surface area contributed by atoms with E-state index in [0.717, 1.165) is 44.1 Å². The molecule has 1 fully saturated rings. The number of amides is 1. The predicted octanol–water partition coefficient (Wildman–Crippen LogP) is 2.76. The first-order valence-corrected chi connectivity index (χ1v) is 7.56. The third-order valence-electron chi connectivity index (χ3n) is 4.02. The Hall–Kier alpha value is -1.36. The maximum atomic E-state index is 12.0. The molecule has 0 aromatic carbocycles. The first kappa shape index (κ1) is 12.7. The molecule has 1 N–H and O–H groups in total. The van der Waals surface area contributed by atoms with Crippen LogP contribution in [0.5, 0.6) is 0 Å². The van der Waals surface area contributed by atoms with Crippen molar-refractivity contribution in [3.8, 4) is 0 Å². The minimum Gasteiger partial charge on any atom is -0.465 e. The molecule has 1 aromatic heterocycles. The first-order chi connectivity index (χ1) is 9.20. The second-order valence-electron chi connectivity index (χ2n) is 5.17. The molecule has 3 rings (SSSR count). The zero-order valence-corrected chi connectivity index (χ0v) is 11.8. The Labute approximate surface area is 116 Å². The molecule has 0 spiro atoms. The smallest absolute Gasteiger partial charge is 0.341 e. The predicted molar refractivity (Wildman–Crippen MR) is 73.7 cm³/mol. The highest BCUT2D eigenvalue weighted by Crippen LogP contribution is 2.40. The van der Waals surface area contributed by atoms with Gasteiger partial charge in [-0.3, -0.25) is 4.79 Å². The van der Waals surface area contributed by atoms with Gasteiger partial charge in [0, 0.05) is 10.8 Å². The Morgan fingerprint density at radius 1 is 1.26 bits per heavy atom. The molecule has 5 heteroatoms.